The fourth-order valence-electron chi connectivity index (χ4n) is 10.4. The predicted molar refractivity (Wildman–Crippen MR) is 263 cm³/mol. The van der Waals surface area contributed by atoms with Crippen molar-refractivity contribution in [1.29, 1.82) is 0 Å². The number of hydrogen-bond acceptors (Lipinski definition) is 2. The van der Waals surface area contributed by atoms with Crippen LogP contribution in [0.4, 0.5) is 0 Å². The Morgan fingerprint density at radius 3 is 1.65 bits per heavy atom. The summed E-state index contributed by atoms with van der Waals surface area (Å²) in [6.45, 7) is 0. The molecule has 63 heavy (non-hydrogen) atoms. The summed E-state index contributed by atoms with van der Waals surface area (Å²) < 4.78 is 7.17. The van der Waals surface area contributed by atoms with Crippen molar-refractivity contribution in [1.82, 2.24) is 23.7 Å². The Morgan fingerprint density at radius 1 is 0.286 bits per heavy atom. The van der Waals surface area contributed by atoms with Gasteiger partial charge in [0.2, 0.25) is 0 Å². The van der Waals surface area contributed by atoms with Gasteiger partial charge in [-0.1, -0.05) is 140 Å². The molecule has 0 amide bonds. The maximum absolute atomic E-state index is 5.59. The van der Waals surface area contributed by atoms with E-state index in [-0.39, 0.29) is 0 Å². The number of fused-ring (bicyclic) bond motifs is 13. The molecule has 0 spiro atoms. The topological polar surface area (TPSA) is 40.6 Å². The van der Waals surface area contributed by atoms with Crippen LogP contribution in [0.25, 0.3) is 126 Å². The fraction of sp³-hybridized carbons (Fsp3) is 0. The van der Waals surface area contributed by atoms with Gasteiger partial charge in [-0.25, -0.2) is 9.97 Å². The number of hydrogen-bond donors (Lipinski definition) is 0. The highest BCUT2D eigenvalue weighted by atomic mass is 15.1. The lowest BCUT2D eigenvalue weighted by Crippen LogP contribution is -2.04. The third-order valence-electron chi connectivity index (χ3n) is 13.2. The SMILES string of the molecule is c1ccc(-n2c3ccccc3c3ccc(-c4nc5ccccc5nc4-n4c5cc(-n6c7ccccc7c7cc8ccccc8cc76)ccc5c5c6ccccc6ccc54)cc32)cc1. The minimum Gasteiger partial charge on any atom is -0.309 e. The first-order valence-electron chi connectivity index (χ1n) is 21.5. The molecule has 10 aromatic carbocycles. The number of aromatic nitrogens is 5. The van der Waals surface area contributed by atoms with Crippen LogP contribution in [-0.4, -0.2) is 23.7 Å². The molecule has 0 unspecified atom stereocenters. The van der Waals surface area contributed by atoms with Crippen molar-refractivity contribution < 1.29 is 0 Å². The predicted octanol–water partition coefficient (Wildman–Crippen LogP) is 14.9. The van der Waals surface area contributed by atoms with Crippen molar-refractivity contribution in [3.8, 4) is 28.5 Å². The third-order valence-corrected chi connectivity index (χ3v) is 13.2. The summed E-state index contributed by atoms with van der Waals surface area (Å²) in [6, 6.07) is 76.7. The van der Waals surface area contributed by atoms with E-state index in [1.165, 1.54) is 65.0 Å². The van der Waals surface area contributed by atoms with Gasteiger partial charge in [0, 0.05) is 49.3 Å². The van der Waals surface area contributed by atoms with E-state index in [0.717, 1.165) is 61.4 Å². The molecule has 4 heterocycles. The molecule has 4 aromatic heterocycles. The molecule has 0 aliphatic heterocycles. The lowest BCUT2D eigenvalue weighted by Gasteiger charge is -2.15. The van der Waals surface area contributed by atoms with Crippen LogP contribution in [0, 0.1) is 0 Å². The molecule has 0 radical (unpaired) electrons. The van der Waals surface area contributed by atoms with Crippen molar-refractivity contribution in [3.05, 3.63) is 212 Å². The van der Waals surface area contributed by atoms with Gasteiger partial charge in [-0.2, -0.15) is 0 Å². The van der Waals surface area contributed by atoms with Crippen LogP contribution in [-0.2, 0) is 0 Å². The van der Waals surface area contributed by atoms with Crippen molar-refractivity contribution in [2.24, 2.45) is 0 Å². The smallest absolute Gasteiger partial charge is 0.165 e. The molecule has 14 rings (SSSR count). The fourth-order valence-corrected chi connectivity index (χ4v) is 10.4. The molecule has 292 valence electrons. The molecule has 0 saturated heterocycles. The maximum atomic E-state index is 5.59. The van der Waals surface area contributed by atoms with Gasteiger partial charge in [-0.15, -0.1) is 0 Å². The van der Waals surface area contributed by atoms with E-state index in [0.29, 0.717) is 0 Å². The molecule has 0 saturated carbocycles. The second-order valence-electron chi connectivity index (χ2n) is 16.6. The average Bonchev–Trinajstić information content (AvgIpc) is 3.98. The zero-order chi connectivity index (χ0) is 41.2. The van der Waals surface area contributed by atoms with Crippen LogP contribution in [0.5, 0.6) is 0 Å². The minimum atomic E-state index is 0.788. The normalized spacial score (nSPS) is 12.1. The van der Waals surface area contributed by atoms with Gasteiger partial charge in [-0.3, -0.25) is 4.57 Å². The summed E-state index contributed by atoms with van der Waals surface area (Å²) >= 11 is 0. The summed E-state index contributed by atoms with van der Waals surface area (Å²) in [7, 11) is 0. The summed E-state index contributed by atoms with van der Waals surface area (Å²) in [5, 5.41) is 12.1. The Morgan fingerprint density at radius 2 is 0.857 bits per heavy atom. The van der Waals surface area contributed by atoms with E-state index >= 15 is 0 Å². The zero-order valence-corrected chi connectivity index (χ0v) is 33.9. The monoisotopic (exact) mass is 801 g/mol. The molecule has 0 aliphatic carbocycles. The van der Waals surface area contributed by atoms with Crippen LogP contribution in [0.1, 0.15) is 0 Å². The highest BCUT2D eigenvalue weighted by Gasteiger charge is 2.23. The van der Waals surface area contributed by atoms with Crippen LogP contribution in [0.15, 0.2) is 212 Å². The molecular formula is C58H35N5. The van der Waals surface area contributed by atoms with Crippen LogP contribution in [0.3, 0.4) is 0 Å². The van der Waals surface area contributed by atoms with Gasteiger partial charge in [-0.05, 0) is 94.3 Å². The highest BCUT2D eigenvalue weighted by molar-refractivity contribution is 6.22. The first-order valence-corrected chi connectivity index (χ1v) is 21.5. The van der Waals surface area contributed by atoms with Gasteiger partial charge in [0.25, 0.3) is 0 Å². The van der Waals surface area contributed by atoms with E-state index in [1.807, 2.05) is 12.1 Å². The van der Waals surface area contributed by atoms with E-state index in [9.17, 15) is 0 Å². The minimum absolute atomic E-state index is 0.788. The Bertz CT molecular complexity index is 4210. The summed E-state index contributed by atoms with van der Waals surface area (Å²) in [5.41, 5.74) is 12.5. The molecular weight excluding hydrogens is 767 g/mol. The van der Waals surface area contributed by atoms with Crippen molar-refractivity contribution in [2.45, 2.75) is 0 Å². The van der Waals surface area contributed by atoms with Gasteiger partial charge in [0.15, 0.2) is 5.82 Å². The molecule has 5 nitrogen and oxygen atoms in total. The van der Waals surface area contributed by atoms with Gasteiger partial charge in [0.1, 0.15) is 5.69 Å². The lowest BCUT2D eigenvalue weighted by molar-refractivity contribution is 1.08. The summed E-state index contributed by atoms with van der Waals surface area (Å²) in [4.78, 5) is 11.1. The molecule has 5 heteroatoms. The first-order chi connectivity index (χ1) is 31.2. The van der Waals surface area contributed by atoms with E-state index in [4.69, 9.17) is 9.97 Å². The lowest BCUT2D eigenvalue weighted by atomic mass is 10.0. The molecule has 0 bridgehead atoms. The number of nitrogens with zero attached hydrogens (tertiary/aromatic N) is 5. The molecule has 14 aromatic rings. The second-order valence-corrected chi connectivity index (χ2v) is 16.6. The van der Waals surface area contributed by atoms with Crippen LogP contribution < -0.4 is 0 Å². The van der Waals surface area contributed by atoms with Gasteiger partial charge in [0.05, 0.1) is 44.1 Å². The maximum Gasteiger partial charge on any atom is 0.165 e. The second kappa shape index (κ2) is 13.0. The van der Waals surface area contributed by atoms with Crippen molar-refractivity contribution in [2.75, 3.05) is 0 Å². The molecule has 0 atom stereocenters. The molecule has 0 aliphatic rings. The standard InChI is InChI=1S/C58H35N5/c1-2-17-40(18-3-1)61-50-24-12-8-20-43(50)45-29-26-39(34-53(45)61)57-58(60-49-23-11-10-22-48(49)59-57)63-52-31-27-36-14-6-7-19-42(36)56(52)46-30-28-41(35-55(46)63)62-51-25-13-9-21-44(51)47-32-37-15-4-5-16-38(37)33-54(47)62/h1-35H. The first kappa shape index (κ1) is 34.2. The zero-order valence-electron chi connectivity index (χ0n) is 33.9. The average molecular weight is 802 g/mol. The number of benzene rings is 10. The van der Waals surface area contributed by atoms with E-state index in [2.05, 4.69) is 214 Å². The van der Waals surface area contributed by atoms with Crippen LogP contribution in [0.2, 0.25) is 0 Å². The third kappa shape index (κ3) is 4.93. The van der Waals surface area contributed by atoms with Crippen molar-refractivity contribution >= 4 is 98.0 Å². The molecule has 0 N–H and O–H groups in total. The Labute approximate surface area is 360 Å². The number of rotatable bonds is 4. The van der Waals surface area contributed by atoms with E-state index in [1.54, 1.807) is 0 Å². The summed E-state index contributed by atoms with van der Waals surface area (Å²) in [5.74, 6) is 0.788. The van der Waals surface area contributed by atoms with Crippen LogP contribution >= 0.6 is 0 Å². The van der Waals surface area contributed by atoms with Crippen molar-refractivity contribution in [3.63, 3.8) is 0 Å². The van der Waals surface area contributed by atoms with Gasteiger partial charge < -0.3 is 9.13 Å². The number of para-hydroxylation sites is 5. The summed E-state index contributed by atoms with van der Waals surface area (Å²) in [6.07, 6.45) is 0. The molecule has 0 fully saturated rings. The Balaban J connectivity index is 1.10. The van der Waals surface area contributed by atoms with Gasteiger partial charge >= 0.3 is 0 Å². The quantitative estimate of drug-likeness (QED) is 0.178. The largest absolute Gasteiger partial charge is 0.309 e. The Hall–Kier alpha value is -8.54. The van der Waals surface area contributed by atoms with E-state index < -0.39 is 0 Å². The highest BCUT2D eigenvalue weighted by Crippen LogP contribution is 2.43. The Kier molecular flexibility index (Phi) is 7.05.